The molecule has 6 nitrogen and oxygen atoms in total. The average molecular weight is 344 g/mol. The molecule has 0 spiro atoms. The highest BCUT2D eigenvalue weighted by molar-refractivity contribution is 5.68. The van der Waals surface area contributed by atoms with Crippen molar-refractivity contribution in [2.45, 2.75) is 64.4 Å². The summed E-state index contributed by atoms with van der Waals surface area (Å²) in [5.41, 5.74) is 2.16. The lowest BCUT2D eigenvalue weighted by atomic mass is 10.2. The van der Waals surface area contributed by atoms with Crippen molar-refractivity contribution in [3.8, 4) is 0 Å². The molecule has 0 unspecified atom stereocenters. The Morgan fingerprint density at radius 2 is 1.80 bits per heavy atom. The number of hydrogen-bond donors (Lipinski definition) is 0. The van der Waals surface area contributed by atoms with E-state index in [9.17, 15) is 4.79 Å². The van der Waals surface area contributed by atoms with Gasteiger partial charge < -0.3 is 14.5 Å². The molecule has 25 heavy (non-hydrogen) atoms. The summed E-state index contributed by atoms with van der Waals surface area (Å²) in [4.78, 5) is 26.2. The molecule has 1 saturated heterocycles. The van der Waals surface area contributed by atoms with Crippen LogP contribution in [0.25, 0.3) is 0 Å². The second-order valence-corrected chi connectivity index (χ2v) is 8.41. The number of aromatic nitrogens is 2. The molecule has 2 heterocycles. The van der Waals surface area contributed by atoms with Gasteiger partial charge in [0.05, 0.1) is 0 Å². The summed E-state index contributed by atoms with van der Waals surface area (Å²) in [6.45, 7) is 8.72. The molecule has 0 bridgehead atoms. The van der Waals surface area contributed by atoms with E-state index in [2.05, 4.69) is 4.90 Å². The first-order valence-electron chi connectivity index (χ1n) is 9.53. The number of rotatable bonds is 2. The fourth-order valence-electron chi connectivity index (χ4n) is 3.64. The quantitative estimate of drug-likeness (QED) is 0.826. The van der Waals surface area contributed by atoms with Crippen LogP contribution in [-0.4, -0.2) is 52.7 Å². The number of piperazine rings is 1. The van der Waals surface area contributed by atoms with Gasteiger partial charge in [0.15, 0.2) is 0 Å². The van der Waals surface area contributed by atoms with Gasteiger partial charge in [-0.05, 0) is 52.9 Å². The highest BCUT2D eigenvalue weighted by Gasteiger charge is 2.32. The second kappa shape index (κ2) is 6.15. The largest absolute Gasteiger partial charge is 0.444 e. The summed E-state index contributed by atoms with van der Waals surface area (Å²) in [5.74, 6) is 2.76. The van der Waals surface area contributed by atoms with Crippen LogP contribution in [0.5, 0.6) is 0 Å². The highest BCUT2D eigenvalue weighted by atomic mass is 16.6. The van der Waals surface area contributed by atoms with Crippen LogP contribution in [-0.2, 0) is 17.6 Å². The monoisotopic (exact) mass is 344 g/mol. The number of anilines is 1. The highest BCUT2D eigenvalue weighted by Crippen LogP contribution is 2.40. The minimum Gasteiger partial charge on any atom is -0.444 e. The summed E-state index contributed by atoms with van der Waals surface area (Å²) >= 11 is 0. The lowest BCUT2D eigenvalue weighted by Crippen LogP contribution is -2.50. The van der Waals surface area contributed by atoms with E-state index >= 15 is 0 Å². The smallest absolute Gasteiger partial charge is 0.410 e. The van der Waals surface area contributed by atoms with Crippen molar-refractivity contribution in [2.75, 3.05) is 31.1 Å². The number of carbonyl (C=O) groups is 1. The van der Waals surface area contributed by atoms with Gasteiger partial charge in [0.25, 0.3) is 0 Å². The molecule has 0 atom stereocenters. The topological polar surface area (TPSA) is 58.6 Å². The number of amides is 1. The summed E-state index contributed by atoms with van der Waals surface area (Å²) in [7, 11) is 0. The Balaban J connectivity index is 1.47. The minimum absolute atomic E-state index is 0.210. The van der Waals surface area contributed by atoms with E-state index in [1.165, 1.54) is 30.5 Å². The molecule has 0 radical (unpaired) electrons. The second-order valence-electron chi connectivity index (χ2n) is 8.41. The molecule has 1 saturated carbocycles. The van der Waals surface area contributed by atoms with Crippen LogP contribution in [0.4, 0.5) is 10.6 Å². The minimum atomic E-state index is -0.444. The van der Waals surface area contributed by atoms with Crippen LogP contribution in [0.15, 0.2) is 0 Å². The van der Waals surface area contributed by atoms with Crippen molar-refractivity contribution >= 4 is 11.9 Å². The van der Waals surface area contributed by atoms with Crippen LogP contribution in [0.3, 0.4) is 0 Å². The van der Waals surface area contributed by atoms with Crippen molar-refractivity contribution in [2.24, 2.45) is 0 Å². The van der Waals surface area contributed by atoms with Crippen LogP contribution < -0.4 is 4.90 Å². The van der Waals surface area contributed by atoms with E-state index in [0.717, 1.165) is 37.6 Å². The number of fused-ring (bicyclic) bond motifs is 1. The normalized spacial score (nSPS) is 20.6. The van der Waals surface area contributed by atoms with Gasteiger partial charge in [0, 0.05) is 43.4 Å². The van der Waals surface area contributed by atoms with Crippen LogP contribution in [0.2, 0.25) is 0 Å². The van der Waals surface area contributed by atoms with Crippen molar-refractivity contribution < 1.29 is 9.53 Å². The third kappa shape index (κ3) is 3.58. The van der Waals surface area contributed by atoms with Gasteiger partial charge in [-0.3, -0.25) is 0 Å². The predicted octanol–water partition coefficient (Wildman–Crippen LogP) is 2.90. The van der Waals surface area contributed by atoms with E-state index in [1.807, 2.05) is 25.7 Å². The van der Waals surface area contributed by atoms with Crippen molar-refractivity contribution in [3.63, 3.8) is 0 Å². The van der Waals surface area contributed by atoms with Gasteiger partial charge in [-0.25, -0.2) is 14.8 Å². The standard InChI is InChI=1S/C19H28N4O2/c1-19(2,3)25-18(24)23-11-9-22(10-12-23)17-14-5-4-6-15(14)20-16(21-17)13-7-8-13/h13H,4-12H2,1-3H3. The van der Waals surface area contributed by atoms with Gasteiger partial charge in [0.2, 0.25) is 0 Å². The van der Waals surface area contributed by atoms with E-state index in [0.29, 0.717) is 19.0 Å². The molecule has 1 aromatic rings. The molecule has 4 rings (SSSR count). The Hall–Kier alpha value is -1.85. The average Bonchev–Trinajstić information content (AvgIpc) is 3.30. The lowest BCUT2D eigenvalue weighted by Gasteiger charge is -2.37. The Labute approximate surface area is 149 Å². The third-order valence-electron chi connectivity index (χ3n) is 5.10. The third-order valence-corrected chi connectivity index (χ3v) is 5.10. The van der Waals surface area contributed by atoms with E-state index < -0.39 is 5.60 Å². The molecule has 1 aromatic heterocycles. The molecule has 1 amide bonds. The maximum absolute atomic E-state index is 12.3. The summed E-state index contributed by atoms with van der Waals surface area (Å²) < 4.78 is 5.49. The zero-order chi connectivity index (χ0) is 17.6. The number of nitrogens with zero attached hydrogens (tertiary/aromatic N) is 4. The van der Waals surface area contributed by atoms with Crippen molar-refractivity contribution in [1.29, 1.82) is 0 Å². The molecule has 0 N–H and O–H groups in total. The van der Waals surface area contributed by atoms with Crippen molar-refractivity contribution in [3.05, 3.63) is 17.1 Å². The first-order chi connectivity index (χ1) is 11.9. The molecular formula is C19H28N4O2. The van der Waals surface area contributed by atoms with E-state index in [-0.39, 0.29) is 6.09 Å². The Morgan fingerprint density at radius 3 is 2.44 bits per heavy atom. The Bertz CT molecular complexity index is 671. The van der Waals surface area contributed by atoms with Crippen LogP contribution in [0, 0.1) is 0 Å². The SMILES string of the molecule is CC(C)(C)OC(=O)N1CCN(c2nc(C3CC3)nc3c2CCC3)CC1. The maximum atomic E-state index is 12.3. The summed E-state index contributed by atoms with van der Waals surface area (Å²) in [6, 6.07) is 0. The van der Waals surface area contributed by atoms with Gasteiger partial charge in [-0.2, -0.15) is 0 Å². The van der Waals surface area contributed by atoms with Gasteiger partial charge in [0.1, 0.15) is 17.2 Å². The van der Waals surface area contributed by atoms with Crippen molar-refractivity contribution in [1.82, 2.24) is 14.9 Å². The maximum Gasteiger partial charge on any atom is 0.410 e. The molecule has 6 heteroatoms. The van der Waals surface area contributed by atoms with Gasteiger partial charge >= 0.3 is 6.09 Å². The zero-order valence-electron chi connectivity index (χ0n) is 15.5. The molecular weight excluding hydrogens is 316 g/mol. The van der Waals surface area contributed by atoms with Gasteiger partial charge in [-0.15, -0.1) is 0 Å². The Kier molecular flexibility index (Phi) is 4.08. The number of carbonyl (C=O) groups excluding carboxylic acids is 1. The lowest BCUT2D eigenvalue weighted by molar-refractivity contribution is 0.0240. The fraction of sp³-hybridized carbons (Fsp3) is 0.737. The van der Waals surface area contributed by atoms with E-state index in [1.54, 1.807) is 0 Å². The first kappa shape index (κ1) is 16.6. The first-order valence-corrected chi connectivity index (χ1v) is 9.53. The molecule has 3 aliphatic rings. The molecule has 0 aromatic carbocycles. The van der Waals surface area contributed by atoms with Crippen LogP contribution in [0.1, 0.15) is 63.0 Å². The number of ether oxygens (including phenoxy) is 1. The molecule has 2 fully saturated rings. The zero-order valence-corrected chi connectivity index (χ0v) is 15.5. The van der Waals surface area contributed by atoms with Crippen LogP contribution >= 0.6 is 0 Å². The molecule has 1 aliphatic heterocycles. The van der Waals surface area contributed by atoms with Gasteiger partial charge in [-0.1, -0.05) is 0 Å². The molecule has 136 valence electrons. The number of hydrogen-bond acceptors (Lipinski definition) is 5. The summed E-state index contributed by atoms with van der Waals surface area (Å²) in [6.07, 6.45) is 5.60. The molecule has 2 aliphatic carbocycles. The predicted molar refractivity (Wildman–Crippen MR) is 96.1 cm³/mol. The van der Waals surface area contributed by atoms with E-state index in [4.69, 9.17) is 14.7 Å². The fourth-order valence-corrected chi connectivity index (χ4v) is 3.64. The number of aryl methyl sites for hydroxylation is 1. The Morgan fingerprint density at radius 1 is 1.08 bits per heavy atom. The summed E-state index contributed by atoms with van der Waals surface area (Å²) in [5, 5.41) is 0.